The summed E-state index contributed by atoms with van der Waals surface area (Å²) in [5, 5.41) is 3.52. The molecular weight excluding hydrogens is 442 g/mol. The van der Waals surface area contributed by atoms with Crippen molar-refractivity contribution in [2.75, 3.05) is 51.3 Å². The molecule has 0 saturated carbocycles. The Morgan fingerprint density at radius 1 is 1.00 bits per heavy atom. The molecule has 5 rings (SSSR count). The van der Waals surface area contributed by atoms with E-state index < -0.39 is 0 Å². The summed E-state index contributed by atoms with van der Waals surface area (Å²) in [5.41, 5.74) is 2.67. The molecule has 0 bridgehead atoms. The standard InChI is InChI=1S/C27H29N5O3/c1-35-22-10-8-21(9-11-22)31-17-15-30(16-18-31)14-4-13-28-26(33)20-7-12-25-29-24-6-3-2-5-23(24)27(34)32(25)19-20/h2-3,5-12,19H,4,13-18H2,1H3,(H,28,33). The first-order chi connectivity index (χ1) is 17.1. The van der Waals surface area contributed by atoms with Gasteiger partial charge >= 0.3 is 0 Å². The number of nitrogens with zero attached hydrogens (tertiary/aromatic N) is 4. The van der Waals surface area contributed by atoms with Gasteiger partial charge in [-0.1, -0.05) is 12.1 Å². The summed E-state index contributed by atoms with van der Waals surface area (Å²) < 4.78 is 6.68. The normalized spacial score (nSPS) is 14.4. The third-order valence-corrected chi connectivity index (χ3v) is 6.52. The first kappa shape index (κ1) is 22.9. The number of piperazine rings is 1. The van der Waals surface area contributed by atoms with Crippen molar-refractivity contribution < 1.29 is 9.53 Å². The summed E-state index contributed by atoms with van der Waals surface area (Å²) in [5.74, 6) is 0.687. The maximum atomic E-state index is 12.8. The first-order valence-electron chi connectivity index (χ1n) is 11.9. The zero-order valence-corrected chi connectivity index (χ0v) is 19.8. The van der Waals surface area contributed by atoms with Crippen molar-refractivity contribution in [1.29, 1.82) is 0 Å². The van der Waals surface area contributed by atoms with Crippen molar-refractivity contribution in [2.24, 2.45) is 0 Å². The summed E-state index contributed by atoms with van der Waals surface area (Å²) >= 11 is 0. The number of anilines is 1. The van der Waals surface area contributed by atoms with Crippen molar-refractivity contribution in [3.8, 4) is 5.75 Å². The van der Waals surface area contributed by atoms with Gasteiger partial charge in [0.05, 0.1) is 23.6 Å². The van der Waals surface area contributed by atoms with E-state index in [1.54, 1.807) is 31.5 Å². The molecule has 8 heteroatoms. The minimum Gasteiger partial charge on any atom is -0.497 e. The minimum atomic E-state index is -0.184. The Hall–Kier alpha value is -3.91. The number of para-hydroxylation sites is 1. The Morgan fingerprint density at radius 3 is 2.54 bits per heavy atom. The minimum absolute atomic E-state index is 0.172. The summed E-state index contributed by atoms with van der Waals surface area (Å²) in [6.07, 6.45) is 2.44. The van der Waals surface area contributed by atoms with Crippen LogP contribution in [0.15, 0.2) is 71.7 Å². The predicted molar refractivity (Wildman–Crippen MR) is 138 cm³/mol. The van der Waals surface area contributed by atoms with Crippen molar-refractivity contribution in [1.82, 2.24) is 19.6 Å². The average Bonchev–Trinajstić information content (AvgIpc) is 2.91. The maximum absolute atomic E-state index is 12.8. The number of carbonyl (C=O) groups excluding carboxylic acids is 1. The number of rotatable bonds is 7. The number of fused-ring (bicyclic) bond motifs is 2. The lowest BCUT2D eigenvalue weighted by molar-refractivity contribution is 0.0951. The van der Waals surface area contributed by atoms with Crippen molar-refractivity contribution in [2.45, 2.75) is 6.42 Å². The lowest BCUT2D eigenvalue weighted by atomic mass is 10.2. The number of methoxy groups -OCH3 is 1. The van der Waals surface area contributed by atoms with Crippen LogP contribution in [-0.2, 0) is 0 Å². The smallest absolute Gasteiger partial charge is 0.265 e. The van der Waals surface area contributed by atoms with E-state index in [2.05, 4.69) is 32.2 Å². The molecule has 8 nitrogen and oxygen atoms in total. The van der Waals surface area contributed by atoms with Crippen LogP contribution < -0.4 is 20.5 Å². The molecule has 3 heterocycles. The molecule has 1 aliphatic heterocycles. The maximum Gasteiger partial charge on any atom is 0.265 e. The summed E-state index contributed by atoms with van der Waals surface area (Å²) in [4.78, 5) is 34.8. The van der Waals surface area contributed by atoms with Gasteiger partial charge in [-0.25, -0.2) is 4.98 Å². The molecule has 0 radical (unpaired) electrons. The summed E-state index contributed by atoms with van der Waals surface area (Å²) in [6, 6.07) is 18.9. The van der Waals surface area contributed by atoms with Gasteiger partial charge in [-0.05, 0) is 61.5 Å². The van der Waals surface area contributed by atoms with Crippen LogP contribution >= 0.6 is 0 Å². The number of hydrogen-bond acceptors (Lipinski definition) is 6. The van der Waals surface area contributed by atoms with E-state index in [4.69, 9.17) is 4.74 Å². The van der Waals surface area contributed by atoms with Gasteiger partial charge in [0.2, 0.25) is 0 Å². The van der Waals surface area contributed by atoms with E-state index in [0.717, 1.165) is 44.9 Å². The third kappa shape index (κ3) is 4.97. The highest BCUT2D eigenvalue weighted by molar-refractivity contribution is 5.94. The van der Waals surface area contributed by atoms with Gasteiger partial charge in [0, 0.05) is 44.6 Å². The predicted octanol–water partition coefficient (Wildman–Crippen LogP) is 2.80. The van der Waals surface area contributed by atoms with Crippen LogP contribution in [0.3, 0.4) is 0 Å². The fourth-order valence-electron chi connectivity index (χ4n) is 4.52. The Kier molecular flexibility index (Phi) is 6.63. The third-order valence-electron chi connectivity index (χ3n) is 6.52. The van der Waals surface area contributed by atoms with Crippen molar-refractivity contribution in [3.63, 3.8) is 0 Å². The molecule has 1 N–H and O–H groups in total. The van der Waals surface area contributed by atoms with Crippen LogP contribution in [0.2, 0.25) is 0 Å². The van der Waals surface area contributed by atoms with Gasteiger partial charge in [-0.15, -0.1) is 0 Å². The van der Waals surface area contributed by atoms with Crippen LogP contribution in [0.1, 0.15) is 16.8 Å². The number of amides is 1. The van der Waals surface area contributed by atoms with E-state index in [1.165, 1.54) is 10.1 Å². The van der Waals surface area contributed by atoms with Gasteiger partial charge < -0.3 is 15.0 Å². The van der Waals surface area contributed by atoms with Crippen molar-refractivity contribution in [3.05, 3.63) is 82.8 Å². The first-order valence-corrected chi connectivity index (χ1v) is 11.9. The number of carbonyl (C=O) groups is 1. The van der Waals surface area contributed by atoms with Crippen LogP contribution in [-0.4, -0.2) is 66.6 Å². The lowest BCUT2D eigenvalue weighted by Gasteiger charge is -2.36. The Balaban J connectivity index is 1.11. The molecule has 1 fully saturated rings. The van der Waals surface area contributed by atoms with Crippen LogP contribution in [0, 0.1) is 0 Å². The number of aromatic nitrogens is 2. The highest BCUT2D eigenvalue weighted by atomic mass is 16.5. The number of hydrogen-bond donors (Lipinski definition) is 1. The molecule has 0 spiro atoms. The highest BCUT2D eigenvalue weighted by Gasteiger charge is 2.17. The molecule has 2 aromatic heterocycles. The fourth-order valence-corrected chi connectivity index (χ4v) is 4.52. The number of benzene rings is 2. The number of nitrogens with one attached hydrogen (secondary N) is 1. The van der Waals surface area contributed by atoms with Crippen LogP contribution in [0.5, 0.6) is 5.75 Å². The topological polar surface area (TPSA) is 79.2 Å². The van der Waals surface area contributed by atoms with Crippen LogP contribution in [0.4, 0.5) is 5.69 Å². The van der Waals surface area contributed by atoms with Gasteiger partial charge in [-0.3, -0.25) is 18.9 Å². The highest BCUT2D eigenvalue weighted by Crippen LogP contribution is 2.20. The second-order valence-corrected chi connectivity index (χ2v) is 8.72. The average molecular weight is 472 g/mol. The zero-order chi connectivity index (χ0) is 24.2. The molecule has 2 aromatic carbocycles. The fraction of sp³-hybridized carbons (Fsp3) is 0.296. The number of pyridine rings is 1. The lowest BCUT2D eigenvalue weighted by Crippen LogP contribution is -2.47. The van der Waals surface area contributed by atoms with Gasteiger partial charge in [-0.2, -0.15) is 0 Å². The summed E-state index contributed by atoms with van der Waals surface area (Å²) in [6.45, 7) is 5.47. The SMILES string of the molecule is COc1ccc(N2CCN(CCCNC(=O)c3ccc4nc5ccccc5c(=O)n4c3)CC2)cc1. The molecule has 0 aliphatic carbocycles. The Morgan fingerprint density at radius 2 is 1.77 bits per heavy atom. The molecule has 1 amide bonds. The second-order valence-electron chi connectivity index (χ2n) is 8.72. The molecule has 0 unspecified atom stereocenters. The van der Waals surface area contributed by atoms with E-state index in [1.807, 2.05) is 30.3 Å². The second kappa shape index (κ2) is 10.1. The Bertz CT molecular complexity index is 1390. The van der Waals surface area contributed by atoms with Crippen molar-refractivity contribution >= 4 is 28.1 Å². The van der Waals surface area contributed by atoms with Gasteiger partial charge in [0.25, 0.3) is 11.5 Å². The van der Waals surface area contributed by atoms with Gasteiger partial charge in [0.1, 0.15) is 11.4 Å². The molecule has 180 valence electrons. The zero-order valence-electron chi connectivity index (χ0n) is 19.8. The largest absolute Gasteiger partial charge is 0.497 e. The van der Waals surface area contributed by atoms with E-state index in [0.29, 0.717) is 28.7 Å². The molecule has 0 atom stereocenters. The molecule has 1 saturated heterocycles. The van der Waals surface area contributed by atoms with Crippen LogP contribution in [0.25, 0.3) is 16.6 Å². The molecule has 35 heavy (non-hydrogen) atoms. The van der Waals surface area contributed by atoms with E-state index in [-0.39, 0.29) is 11.5 Å². The van der Waals surface area contributed by atoms with Gasteiger partial charge in [0.15, 0.2) is 0 Å². The van der Waals surface area contributed by atoms with E-state index >= 15 is 0 Å². The summed E-state index contributed by atoms with van der Waals surface area (Å²) in [7, 11) is 1.68. The monoisotopic (exact) mass is 471 g/mol. The number of ether oxygens (including phenoxy) is 1. The molecular formula is C27H29N5O3. The molecule has 4 aromatic rings. The Labute approximate surface area is 203 Å². The molecule has 1 aliphatic rings. The van der Waals surface area contributed by atoms with E-state index in [9.17, 15) is 9.59 Å². The quantitative estimate of drug-likeness (QED) is 0.330.